The summed E-state index contributed by atoms with van der Waals surface area (Å²) in [5.74, 6) is -1.04. The second-order valence-electron chi connectivity index (χ2n) is 4.73. The molecule has 0 aromatic rings. The van der Waals surface area contributed by atoms with Crippen molar-refractivity contribution in [3.8, 4) is 0 Å². The van der Waals surface area contributed by atoms with Crippen LogP contribution in [-0.4, -0.2) is 42.3 Å². The van der Waals surface area contributed by atoms with Crippen LogP contribution >= 0.6 is 0 Å². The predicted octanol–water partition coefficient (Wildman–Crippen LogP) is 1.15. The molecule has 2 aliphatic rings. The zero-order valence-electron chi connectivity index (χ0n) is 11.0. The van der Waals surface area contributed by atoms with Crippen molar-refractivity contribution in [1.29, 1.82) is 0 Å². The standard InChI is InChI=1S/C13H20O5/c1-4-13(5-2)17-10-7-8(12(15)16-3)6-9(14)11(10)18-13/h6,9-11,14H,4-5,7H2,1-3H3/t9-,10+,11-/m0/s1. The summed E-state index contributed by atoms with van der Waals surface area (Å²) in [7, 11) is 1.33. The minimum absolute atomic E-state index is 0.279. The highest BCUT2D eigenvalue weighted by Gasteiger charge is 2.50. The number of hydrogen-bond donors (Lipinski definition) is 1. The van der Waals surface area contributed by atoms with E-state index in [0.29, 0.717) is 12.0 Å². The number of methoxy groups -OCH3 is 1. The van der Waals surface area contributed by atoms with Crippen LogP contribution in [0, 0.1) is 0 Å². The minimum atomic E-state index is -0.821. The maximum Gasteiger partial charge on any atom is 0.333 e. The highest BCUT2D eigenvalue weighted by molar-refractivity contribution is 5.88. The van der Waals surface area contributed by atoms with Gasteiger partial charge in [0.05, 0.1) is 13.2 Å². The first kappa shape index (κ1) is 13.5. The second-order valence-corrected chi connectivity index (χ2v) is 4.73. The van der Waals surface area contributed by atoms with E-state index in [1.165, 1.54) is 13.2 Å². The molecule has 102 valence electrons. The van der Waals surface area contributed by atoms with E-state index >= 15 is 0 Å². The van der Waals surface area contributed by atoms with Crippen LogP contribution in [0.3, 0.4) is 0 Å². The lowest BCUT2D eigenvalue weighted by Gasteiger charge is -2.26. The molecule has 1 fully saturated rings. The van der Waals surface area contributed by atoms with Crippen LogP contribution in [0.4, 0.5) is 0 Å². The number of hydrogen-bond acceptors (Lipinski definition) is 5. The summed E-state index contributed by atoms with van der Waals surface area (Å²) in [6, 6.07) is 0. The molecule has 2 rings (SSSR count). The molecule has 0 aromatic carbocycles. The smallest absolute Gasteiger partial charge is 0.333 e. The summed E-state index contributed by atoms with van der Waals surface area (Å²) in [5.41, 5.74) is 0.456. The van der Waals surface area contributed by atoms with Crippen LogP contribution in [0.25, 0.3) is 0 Å². The highest BCUT2D eigenvalue weighted by Crippen LogP contribution is 2.40. The first-order chi connectivity index (χ1) is 8.55. The van der Waals surface area contributed by atoms with Crippen molar-refractivity contribution in [1.82, 2.24) is 0 Å². The van der Waals surface area contributed by atoms with Gasteiger partial charge in [0.25, 0.3) is 0 Å². The average Bonchev–Trinajstić information content (AvgIpc) is 2.78. The fourth-order valence-electron chi connectivity index (χ4n) is 2.59. The van der Waals surface area contributed by atoms with Gasteiger partial charge >= 0.3 is 5.97 Å². The van der Waals surface area contributed by atoms with Gasteiger partial charge in [0, 0.05) is 12.0 Å². The third kappa shape index (κ3) is 2.18. The zero-order chi connectivity index (χ0) is 13.3. The molecular formula is C13H20O5. The number of fused-ring (bicyclic) bond motifs is 1. The maximum absolute atomic E-state index is 11.5. The topological polar surface area (TPSA) is 65.0 Å². The third-order valence-corrected chi connectivity index (χ3v) is 3.74. The molecule has 18 heavy (non-hydrogen) atoms. The summed E-state index contributed by atoms with van der Waals surface area (Å²) in [6.45, 7) is 3.98. The van der Waals surface area contributed by atoms with Crippen LogP contribution in [0.1, 0.15) is 33.1 Å². The van der Waals surface area contributed by atoms with Crippen molar-refractivity contribution in [3.05, 3.63) is 11.6 Å². The van der Waals surface area contributed by atoms with Crippen LogP contribution in [0.2, 0.25) is 0 Å². The molecule has 0 unspecified atom stereocenters. The number of aliphatic hydroxyl groups is 1. The van der Waals surface area contributed by atoms with Crippen LogP contribution in [0.15, 0.2) is 11.6 Å². The van der Waals surface area contributed by atoms with Gasteiger partial charge in [0.2, 0.25) is 0 Å². The molecular weight excluding hydrogens is 236 g/mol. The molecule has 5 heteroatoms. The maximum atomic E-state index is 11.5. The fourth-order valence-corrected chi connectivity index (χ4v) is 2.59. The summed E-state index contributed by atoms with van der Waals surface area (Å²) >= 11 is 0. The lowest BCUT2D eigenvalue weighted by Crippen LogP contribution is -2.39. The molecule has 1 aliphatic carbocycles. The number of carbonyl (C=O) groups is 1. The van der Waals surface area contributed by atoms with E-state index < -0.39 is 24.0 Å². The summed E-state index contributed by atoms with van der Waals surface area (Å²) in [5, 5.41) is 10.0. The molecule has 5 nitrogen and oxygen atoms in total. The molecule has 1 saturated heterocycles. The molecule has 0 radical (unpaired) electrons. The van der Waals surface area contributed by atoms with Crippen molar-refractivity contribution in [2.24, 2.45) is 0 Å². The van der Waals surface area contributed by atoms with E-state index in [1.54, 1.807) is 0 Å². The van der Waals surface area contributed by atoms with Crippen molar-refractivity contribution >= 4 is 5.97 Å². The van der Waals surface area contributed by atoms with Crippen molar-refractivity contribution < 1.29 is 24.1 Å². The Kier molecular flexibility index (Phi) is 3.75. The Bertz CT molecular complexity index is 358. The van der Waals surface area contributed by atoms with E-state index in [-0.39, 0.29) is 6.10 Å². The van der Waals surface area contributed by atoms with Gasteiger partial charge in [-0.3, -0.25) is 0 Å². The molecule has 1 heterocycles. The SMILES string of the molecule is CCC1(CC)O[C@H]2[C@@H](O)C=C(C(=O)OC)C[C@H]2O1. The number of esters is 1. The molecule has 0 saturated carbocycles. The summed E-state index contributed by atoms with van der Waals surface area (Å²) in [4.78, 5) is 11.5. The number of ether oxygens (including phenoxy) is 3. The fraction of sp³-hybridized carbons (Fsp3) is 0.769. The third-order valence-electron chi connectivity index (χ3n) is 3.74. The normalized spacial score (nSPS) is 33.8. The molecule has 3 atom stereocenters. The van der Waals surface area contributed by atoms with Crippen molar-refractivity contribution in [2.45, 2.75) is 57.2 Å². The van der Waals surface area contributed by atoms with Gasteiger partial charge in [-0.2, -0.15) is 0 Å². The molecule has 0 aromatic heterocycles. The quantitative estimate of drug-likeness (QED) is 0.767. The predicted molar refractivity (Wildman–Crippen MR) is 63.8 cm³/mol. The Hall–Kier alpha value is -0.910. The van der Waals surface area contributed by atoms with Crippen molar-refractivity contribution in [3.63, 3.8) is 0 Å². The van der Waals surface area contributed by atoms with E-state index in [1.807, 2.05) is 13.8 Å². The van der Waals surface area contributed by atoms with Gasteiger partial charge in [0.1, 0.15) is 12.2 Å². The molecule has 1 aliphatic heterocycles. The summed E-state index contributed by atoms with van der Waals surface area (Å²) in [6.07, 6.45) is 1.89. The number of rotatable bonds is 3. The lowest BCUT2D eigenvalue weighted by atomic mass is 9.92. The Morgan fingerprint density at radius 3 is 2.72 bits per heavy atom. The monoisotopic (exact) mass is 256 g/mol. The Morgan fingerprint density at radius 2 is 2.17 bits per heavy atom. The molecule has 0 bridgehead atoms. The number of carbonyl (C=O) groups excluding carboxylic acids is 1. The second kappa shape index (κ2) is 4.99. The van der Waals surface area contributed by atoms with Gasteiger partial charge in [-0.1, -0.05) is 13.8 Å². The van der Waals surface area contributed by atoms with Crippen molar-refractivity contribution in [2.75, 3.05) is 7.11 Å². The average molecular weight is 256 g/mol. The minimum Gasteiger partial charge on any atom is -0.466 e. The molecule has 1 N–H and O–H groups in total. The Balaban J connectivity index is 2.16. The van der Waals surface area contributed by atoms with Gasteiger partial charge < -0.3 is 19.3 Å². The van der Waals surface area contributed by atoms with Gasteiger partial charge in [0.15, 0.2) is 5.79 Å². The van der Waals surface area contributed by atoms with E-state index in [2.05, 4.69) is 4.74 Å². The summed E-state index contributed by atoms with van der Waals surface area (Å²) < 4.78 is 16.4. The van der Waals surface area contributed by atoms with E-state index in [0.717, 1.165) is 12.8 Å². The van der Waals surface area contributed by atoms with Crippen LogP contribution in [-0.2, 0) is 19.0 Å². The van der Waals surface area contributed by atoms with Crippen LogP contribution < -0.4 is 0 Å². The largest absolute Gasteiger partial charge is 0.466 e. The van der Waals surface area contributed by atoms with Gasteiger partial charge in [-0.05, 0) is 18.9 Å². The first-order valence-electron chi connectivity index (χ1n) is 6.38. The lowest BCUT2D eigenvalue weighted by molar-refractivity contribution is -0.183. The Morgan fingerprint density at radius 1 is 1.50 bits per heavy atom. The zero-order valence-corrected chi connectivity index (χ0v) is 11.0. The van der Waals surface area contributed by atoms with Crippen LogP contribution in [0.5, 0.6) is 0 Å². The number of aliphatic hydroxyl groups excluding tert-OH is 1. The highest BCUT2D eigenvalue weighted by atomic mass is 16.8. The first-order valence-corrected chi connectivity index (χ1v) is 6.38. The van der Waals surface area contributed by atoms with Gasteiger partial charge in [-0.15, -0.1) is 0 Å². The van der Waals surface area contributed by atoms with E-state index in [4.69, 9.17) is 9.47 Å². The van der Waals surface area contributed by atoms with Gasteiger partial charge in [-0.25, -0.2) is 4.79 Å². The molecule has 0 amide bonds. The van der Waals surface area contributed by atoms with E-state index in [9.17, 15) is 9.90 Å². The molecule has 0 spiro atoms. The Labute approximate surface area is 107 Å².